The van der Waals surface area contributed by atoms with Crippen LogP contribution in [0, 0.1) is 0 Å². The Labute approximate surface area is 231 Å². The average molecular weight is 576 g/mol. The highest BCUT2D eigenvalue weighted by atomic mass is 16.4. The standard InChI is InChI=1S/C23H41N7O10/c1-12(27-22(38)16(11-18(33)34)30-20(36)13(26)10-17(31)32)19(35)28-14(6-2-4-8-24)21(37)29-15(23(39)40)7-3-5-9-25/h12-16H,2-11,24-26H2,1H3,(H,27,38)(H,28,35)(H,29,37)(H,30,36)(H,31,32)(H,33,34)(H,39,40)/t12-,13-,14-,15-,16-/m0/s1. The first-order valence-corrected chi connectivity index (χ1v) is 12.8. The predicted octanol–water partition coefficient (Wildman–Crippen LogP) is -3.44. The molecule has 0 rings (SSSR count). The number of hydrogen-bond acceptors (Lipinski definition) is 10. The van der Waals surface area contributed by atoms with Crippen LogP contribution in [0.3, 0.4) is 0 Å². The quantitative estimate of drug-likeness (QED) is 0.0596. The molecule has 0 aliphatic carbocycles. The number of carbonyl (C=O) groups is 7. The van der Waals surface area contributed by atoms with E-state index < -0.39 is 84.6 Å². The first kappa shape index (κ1) is 36.2. The maximum absolute atomic E-state index is 12.9. The minimum Gasteiger partial charge on any atom is -0.481 e. The lowest BCUT2D eigenvalue weighted by Crippen LogP contribution is -2.58. The smallest absolute Gasteiger partial charge is 0.326 e. The minimum atomic E-state index is -1.69. The molecule has 13 N–H and O–H groups in total. The largest absolute Gasteiger partial charge is 0.481 e. The van der Waals surface area contributed by atoms with Gasteiger partial charge in [-0.3, -0.25) is 28.8 Å². The van der Waals surface area contributed by atoms with Crippen molar-refractivity contribution >= 4 is 41.5 Å². The number of unbranched alkanes of at least 4 members (excludes halogenated alkanes) is 2. The van der Waals surface area contributed by atoms with Crippen molar-refractivity contribution in [3.8, 4) is 0 Å². The second-order valence-electron chi connectivity index (χ2n) is 9.12. The zero-order valence-electron chi connectivity index (χ0n) is 22.4. The van der Waals surface area contributed by atoms with Crippen molar-refractivity contribution in [1.29, 1.82) is 0 Å². The highest BCUT2D eigenvalue weighted by molar-refractivity contribution is 5.96. The summed E-state index contributed by atoms with van der Waals surface area (Å²) in [4.78, 5) is 83.9. The summed E-state index contributed by atoms with van der Waals surface area (Å²) in [6.45, 7) is 1.91. The molecule has 0 bridgehead atoms. The number of amides is 4. The summed E-state index contributed by atoms with van der Waals surface area (Å²) in [6.07, 6.45) is 0.532. The fraction of sp³-hybridized carbons (Fsp3) is 0.696. The van der Waals surface area contributed by atoms with E-state index in [2.05, 4.69) is 21.3 Å². The Bertz CT molecular complexity index is 901. The zero-order valence-corrected chi connectivity index (χ0v) is 22.4. The molecule has 0 saturated heterocycles. The summed E-state index contributed by atoms with van der Waals surface area (Å²) in [5.74, 6) is -7.88. The third kappa shape index (κ3) is 14.9. The molecular formula is C23H41N7O10. The molecular weight excluding hydrogens is 534 g/mol. The number of nitrogens with one attached hydrogen (secondary N) is 4. The summed E-state index contributed by atoms with van der Waals surface area (Å²) in [5.41, 5.74) is 16.4. The molecule has 0 spiro atoms. The topological polar surface area (TPSA) is 306 Å². The van der Waals surface area contributed by atoms with Gasteiger partial charge in [0.2, 0.25) is 23.6 Å². The van der Waals surface area contributed by atoms with Crippen LogP contribution in [0.15, 0.2) is 0 Å². The van der Waals surface area contributed by atoms with Crippen LogP contribution in [0.2, 0.25) is 0 Å². The van der Waals surface area contributed by atoms with Gasteiger partial charge in [0.05, 0.1) is 18.9 Å². The third-order valence-corrected chi connectivity index (χ3v) is 5.64. The Hall–Kier alpha value is -3.83. The maximum atomic E-state index is 12.9. The Morgan fingerprint density at radius 3 is 1.52 bits per heavy atom. The molecule has 0 fully saturated rings. The van der Waals surface area contributed by atoms with Crippen molar-refractivity contribution in [2.75, 3.05) is 13.1 Å². The molecule has 0 aromatic heterocycles. The summed E-state index contributed by atoms with van der Waals surface area (Å²) in [5, 5.41) is 36.4. The van der Waals surface area contributed by atoms with Crippen LogP contribution >= 0.6 is 0 Å². The maximum Gasteiger partial charge on any atom is 0.326 e. The number of rotatable bonds is 21. The Morgan fingerprint density at radius 1 is 0.600 bits per heavy atom. The van der Waals surface area contributed by atoms with E-state index in [-0.39, 0.29) is 12.8 Å². The second kappa shape index (κ2) is 19.3. The molecule has 17 heteroatoms. The molecule has 4 amide bonds. The van der Waals surface area contributed by atoms with Gasteiger partial charge in [-0.1, -0.05) is 0 Å². The van der Waals surface area contributed by atoms with Crippen molar-refractivity contribution in [3.63, 3.8) is 0 Å². The fourth-order valence-corrected chi connectivity index (χ4v) is 3.40. The van der Waals surface area contributed by atoms with Crippen LogP contribution in [-0.2, 0) is 33.6 Å². The van der Waals surface area contributed by atoms with Crippen molar-refractivity contribution in [3.05, 3.63) is 0 Å². The van der Waals surface area contributed by atoms with Crippen LogP contribution in [0.1, 0.15) is 58.3 Å². The summed E-state index contributed by atoms with van der Waals surface area (Å²) in [6, 6.07) is -6.94. The normalized spacial score (nSPS) is 14.5. The van der Waals surface area contributed by atoms with Crippen molar-refractivity contribution in [2.24, 2.45) is 17.2 Å². The molecule has 0 heterocycles. The molecule has 0 radical (unpaired) electrons. The van der Waals surface area contributed by atoms with E-state index in [1.165, 1.54) is 6.92 Å². The lowest BCUT2D eigenvalue weighted by atomic mass is 10.1. The molecule has 228 valence electrons. The van der Waals surface area contributed by atoms with Gasteiger partial charge < -0.3 is 53.8 Å². The number of carbonyl (C=O) groups excluding carboxylic acids is 4. The van der Waals surface area contributed by atoms with Crippen LogP contribution in [0.25, 0.3) is 0 Å². The van der Waals surface area contributed by atoms with Gasteiger partial charge in [-0.25, -0.2) is 4.79 Å². The molecule has 0 unspecified atom stereocenters. The van der Waals surface area contributed by atoms with E-state index in [0.29, 0.717) is 38.8 Å². The van der Waals surface area contributed by atoms with E-state index in [4.69, 9.17) is 27.4 Å². The average Bonchev–Trinajstić information content (AvgIpc) is 2.86. The van der Waals surface area contributed by atoms with Gasteiger partial charge in [-0.05, 0) is 58.5 Å². The van der Waals surface area contributed by atoms with Crippen molar-refractivity contribution in [1.82, 2.24) is 21.3 Å². The molecule has 0 aromatic rings. The lowest BCUT2D eigenvalue weighted by Gasteiger charge is -2.24. The summed E-state index contributed by atoms with van der Waals surface area (Å²) >= 11 is 0. The lowest BCUT2D eigenvalue weighted by molar-refractivity contribution is -0.142. The predicted molar refractivity (Wildman–Crippen MR) is 139 cm³/mol. The fourth-order valence-electron chi connectivity index (χ4n) is 3.40. The summed E-state index contributed by atoms with van der Waals surface area (Å²) < 4.78 is 0. The minimum absolute atomic E-state index is 0.115. The Balaban J connectivity index is 5.44. The second-order valence-corrected chi connectivity index (χ2v) is 9.12. The SMILES string of the molecule is C[C@H](NC(=O)[C@H](CC(=O)O)NC(=O)[C@@H](N)CC(=O)O)C(=O)N[C@@H](CCCCN)C(=O)N[C@@H](CCCCN)C(=O)O. The zero-order chi connectivity index (χ0) is 30.8. The van der Waals surface area contributed by atoms with Gasteiger partial charge in [-0.15, -0.1) is 0 Å². The highest BCUT2D eigenvalue weighted by Crippen LogP contribution is 2.06. The Morgan fingerprint density at radius 2 is 1.05 bits per heavy atom. The van der Waals surface area contributed by atoms with Crippen LogP contribution in [0.5, 0.6) is 0 Å². The molecule has 17 nitrogen and oxygen atoms in total. The first-order valence-electron chi connectivity index (χ1n) is 12.8. The monoisotopic (exact) mass is 575 g/mol. The van der Waals surface area contributed by atoms with E-state index in [1.807, 2.05) is 0 Å². The number of carboxylic acids is 3. The molecule has 0 aliphatic rings. The van der Waals surface area contributed by atoms with E-state index in [9.17, 15) is 38.7 Å². The van der Waals surface area contributed by atoms with Gasteiger partial charge in [0, 0.05) is 0 Å². The number of nitrogens with two attached hydrogens (primary N) is 3. The number of hydrogen-bond donors (Lipinski definition) is 10. The van der Waals surface area contributed by atoms with Gasteiger partial charge in [0.25, 0.3) is 0 Å². The van der Waals surface area contributed by atoms with E-state index >= 15 is 0 Å². The van der Waals surface area contributed by atoms with Gasteiger partial charge in [0.15, 0.2) is 0 Å². The molecule has 5 atom stereocenters. The molecule has 0 aliphatic heterocycles. The van der Waals surface area contributed by atoms with Gasteiger partial charge in [0.1, 0.15) is 24.2 Å². The van der Waals surface area contributed by atoms with E-state index in [0.717, 1.165) is 0 Å². The molecule has 0 aromatic carbocycles. The molecule has 40 heavy (non-hydrogen) atoms. The summed E-state index contributed by atoms with van der Waals surface area (Å²) in [7, 11) is 0. The number of carboxylic acid groups (broad SMARTS) is 3. The molecule has 0 saturated carbocycles. The Kier molecular flexibility index (Phi) is 17.4. The van der Waals surface area contributed by atoms with Crippen molar-refractivity contribution < 1.29 is 48.9 Å². The highest BCUT2D eigenvalue weighted by Gasteiger charge is 2.31. The van der Waals surface area contributed by atoms with E-state index in [1.54, 1.807) is 0 Å². The number of aliphatic carboxylic acids is 3. The first-order chi connectivity index (χ1) is 18.7. The van der Waals surface area contributed by atoms with Gasteiger partial charge >= 0.3 is 17.9 Å². The van der Waals surface area contributed by atoms with Gasteiger partial charge in [-0.2, -0.15) is 0 Å². The third-order valence-electron chi connectivity index (χ3n) is 5.64. The van der Waals surface area contributed by atoms with Crippen molar-refractivity contribution in [2.45, 2.75) is 88.5 Å². The van der Waals surface area contributed by atoms with Crippen LogP contribution in [-0.4, -0.2) is 100 Å². The van der Waals surface area contributed by atoms with Crippen LogP contribution < -0.4 is 38.5 Å². The van der Waals surface area contributed by atoms with Crippen LogP contribution in [0.4, 0.5) is 0 Å².